The third kappa shape index (κ3) is 5.71. The summed E-state index contributed by atoms with van der Waals surface area (Å²) in [4.78, 5) is 36.4. The highest BCUT2D eigenvalue weighted by Gasteiger charge is 2.33. The zero-order valence-corrected chi connectivity index (χ0v) is 18.1. The number of pyridine rings is 1. The molecule has 31 heavy (non-hydrogen) atoms. The van der Waals surface area contributed by atoms with Crippen molar-refractivity contribution in [2.24, 2.45) is 0 Å². The summed E-state index contributed by atoms with van der Waals surface area (Å²) in [6.45, 7) is 7.70. The quantitative estimate of drug-likeness (QED) is 0.754. The predicted molar refractivity (Wildman–Crippen MR) is 116 cm³/mol. The summed E-state index contributed by atoms with van der Waals surface area (Å²) in [6.07, 6.45) is 2.94. The van der Waals surface area contributed by atoms with Crippen molar-refractivity contribution in [2.75, 3.05) is 39.3 Å². The summed E-state index contributed by atoms with van der Waals surface area (Å²) in [5.74, 6) is 1.64. The van der Waals surface area contributed by atoms with E-state index in [2.05, 4.69) is 20.1 Å². The van der Waals surface area contributed by atoms with Gasteiger partial charge in [0, 0.05) is 52.0 Å². The van der Waals surface area contributed by atoms with E-state index in [1.165, 1.54) is 0 Å². The Hall–Kier alpha value is -2.71. The van der Waals surface area contributed by atoms with E-state index in [4.69, 9.17) is 4.42 Å². The topological polar surface area (TPSA) is 81.9 Å². The zero-order valence-electron chi connectivity index (χ0n) is 18.1. The first-order chi connectivity index (χ1) is 15.1. The van der Waals surface area contributed by atoms with Gasteiger partial charge in [0.2, 0.25) is 11.8 Å². The Balaban J connectivity index is 1.34. The average molecular weight is 426 g/mol. The number of piperazine rings is 1. The first-order valence-electron chi connectivity index (χ1n) is 11.1. The number of amides is 2. The molecule has 2 saturated heterocycles. The van der Waals surface area contributed by atoms with Crippen LogP contribution in [0.2, 0.25) is 0 Å². The van der Waals surface area contributed by atoms with Gasteiger partial charge in [-0.3, -0.25) is 24.4 Å². The van der Waals surface area contributed by atoms with Crippen LogP contribution in [-0.2, 0) is 22.7 Å². The maximum absolute atomic E-state index is 13.1. The molecule has 4 rings (SSSR count). The molecule has 4 heterocycles. The van der Waals surface area contributed by atoms with E-state index in [1.54, 1.807) is 0 Å². The third-order valence-electron chi connectivity index (χ3n) is 6.02. The molecule has 0 saturated carbocycles. The summed E-state index contributed by atoms with van der Waals surface area (Å²) in [7, 11) is 0. The second-order valence-electron chi connectivity index (χ2n) is 8.33. The van der Waals surface area contributed by atoms with Gasteiger partial charge in [0.15, 0.2) is 0 Å². The molecule has 2 aromatic rings. The van der Waals surface area contributed by atoms with Crippen LogP contribution < -0.4 is 5.32 Å². The number of carbonyl (C=O) groups excluding carboxylic acids is 2. The minimum Gasteiger partial charge on any atom is -0.465 e. The van der Waals surface area contributed by atoms with Gasteiger partial charge in [0.1, 0.15) is 11.5 Å². The fourth-order valence-electron chi connectivity index (χ4n) is 4.34. The van der Waals surface area contributed by atoms with Crippen LogP contribution >= 0.6 is 0 Å². The number of nitrogens with one attached hydrogen (secondary N) is 1. The number of nitrogens with zero attached hydrogens (tertiary/aromatic N) is 4. The first-order valence-corrected chi connectivity index (χ1v) is 11.1. The van der Waals surface area contributed by atoms with Gasteiger partial charge in [-0.1, -0.05) is 6.07 Å². The maximum Gasteiger partial charge on any atom is 0.237 e. The van der Waals surface area contributed by atoms with E-state index < -0.39 is 6.04 Å². The van der Waals surface area contributed by atoms with Gasteiger partial charge in [0.25, 0.3) is 0 Å². The molecule has 2 aliphatic rings. The largest absolute Gasteiger partial charge is 0.465 e. The molecule has 2 fully saturated rings. The second-order valence-corrected chi connectivity index (χ2v) is 8.33. The van der Waals surface area contributed by atoms with Gasteiger partial charge in [-0.05, 0) is 37.6 Å². The standard InChI is InChI=1S/C23H31N5O3/c1-18-6-7-20(31-18)17-28-12-9-25-23(30)21(28)15-22(29)27-11-4-10-26(13-14-27)16-19-5-2-3-8-24-19/h2-3,5-8,21H,4,9-17H2,1H3,(H,25,30)/t21-/m0/s1. The Morgan fingerprint density at radius 1 is 1.13 bits per heavy atom. The normalized spacial score (nSPS) is 21.0. The van der Waals surface area contributed by atoms with E-state index in [0.717, 1.165) is 49.8 Å². The smallest absolute Gasteiger partial charge is 0.237 e. The van der Waals surface area contributed by atoms with E-state index in [1.807, 2.05) is 48.4 Å². The fraction of sp³-hybridized carbons (Fsp3) is 0.522. The van der Waals surface area contributed by atoms with Crippen LogP contribution in [-0.4, -0.2) is 76.8 Å². The molecule has 8 nitrogen and oxygen atoms in total. The molecule has 166 valence electrons. The summed E-state index contributed by atoms with van der Waals surface area (Å²) in [5.41, 5.74) is 1.05. The number of furan rings is 1. The minimum atomic E-state index is -0.459. The van der Waals surface area contributed by atoms with Crippen molar-refractivity contribution in [2.45, 2.75) is 38.9 Å². The lowest BCUT2D eigenvalue weighted by Gasteiger charge is -2.35. The molecule has 2 aliphatic heterocycles. The lowest BCUT2D eigenvalue weighted by atomic mass is 10.1. The van der Waals surface area contributed by atoms with Crippen molar-refractivity contribution in [3.63, 3.8) is 0 Å². The predicted octanol–water partition coefficient (Wildman–Crippen LogP) is 1.41. The van der Waals surface area contributed by atoms with E-state index in [-0.39, 0.29) is 18.2 Å². The summed E-state index contributed by atoms with van der Waals surface area (Å²) >= 11 is 0. The number of carbonyl (C=O) groups is 2. The van der Waals surface area contributed by atoms with Crippen LogP contribution in [0.1, 0.15) is 30.1 Å². The fourth-order valence-corrected chi connectivity index (χ4v) is 4.34. The molecule has 2 amide bonds. The molecule has 1 atom stereocenters. The lowest BCUT2D eigenvalue weighted by Crippen LogP contribution is -2.56. The number of hydrogen-bond donors (Lipinski definition) is 1. The molecule has 0 unspecified atom stereocenters. The lowest BCUT2D eigenvalue weighted by molar-refractivity contribution is -0.139. The number of hydrogen-bond acceptors (Lipinski definition) is 6. The van der Waals surface area contributed by atoms with E-state index in [0.29, 0.717) is 26.2 Å². The molecule has 0 bridgehead atoms. The van der Waals surface area contributed by atoms with Crippen LogP contribution in [0.25, 0.3) is 0 Å². The maximum atomic E-state index is 13.1. The van der Waals surface area contributed by atoms with Crippen molar-refractivity contribution in [1.82, 2.24) is 25.0 Å². The Morgan fingerprint density at radius 3 is 2.81 bits per heavy atom. The summed E-state index contributed by atoms with van der Waals surface area (Å²) in [5, 5.41) is 2.91. The van der Waals surface area contributed by atoms with Crippen molar-refractivity contribution >= 4 is 11.8 Å². The van der Waals surface area contributed by atoms with Gasteiger partial charge < -0.3 is 14.6 Å². The molecule has 8 heteroatoms. The van der Waals surface area contributed by atoms with Crippen molar-refractivity contribution in [1.29, 1.82) is 0 Å². The first kappa shape index (κ1) is 21.5. The number of rotatable bonds is 6. The summed E-state index contributed by atoms with van der Waals surface area (Å²) < 4.78 is 5.69. The van der Waals surface area contributed by atoms with Crippen LogP contribution in [0.15, 0.2) is 40.9 Å². The van der Waals surface area contributed by atoms with E-state index >= 15 is 0 Å². The van der Waals surface area contributed by atoms with Crippen molar-refractivity contribution in [3.8, 4) is 0 Å². The molecule has 0 radical (unpaired) electrons. The molecule has 2 aromatic heterocycles. The second kappa shape index (κ2) is 10.1. The monoisotopic (exact) mass is 425 g/mol. The van der Waals surface area contributed by atoms with Gasteiger partial charge in [-0.2, -0.15) is 0 Å². The molecular formula is C23H31N5O3. The third-order valence-corrected chi connectivity index (χ3v) is 6.02. The highest BCUT2D eigenvalue weighted by Crippen LogP contribution is 2.17. The van der Waals surface area contributed by atoms with Crippen LogP contribution in [0.3, 0.4) is 0 Å². The van der Waals surface area contributed by atoms with Crippen molar-refractivity contribution < 1.29 is 14.0 Å². The highest BCUT2D eigenvalue weighted by atomic mass is 16.3. The SMILES string of the molecule is Cc1ccc(CN2CCNC(=O)[C@@H]2CC(=O)N2CCCN(Cc3ccccn3)CC2)o1. The molecular weight excluding hydrogens is 394 g/mol. The van der Waals surface area contributed by atoms with Gasteiger partial charge in [-0.15, -0.1) is 0 Å². The van der Waals surface area contributed by atoms with Crippen molar-refractivity contribution in [3.05, 3.63) is 53.7 Å². The van der Waals surface area contributed by atoms with E-state index in [9.17, 15) is 9.59 Å². The van der Waals surface area contributed by atoms with Gasteiger partial charge in [0.05, 0.1) is 24.7 Å². The molecule has 1 N–H and O–H groups in total. The number of aryl methyl sites for hydroxylation is 1. The van der Waals surface area contributed by atoms with Gasteiger partial charge >= 0.3 is 0 Å². The Morgan fingerprint density at radius 2 is 2.03 bits per heavy atom. The molecule has 0 aromatic carbocycles. The molecule has 0 aliphatic carbocycles. The number of aromatic nitrogens is 1. The molecule has 0 spiro atoms. The van der Waals surface area contributed by atoms with Gasteiger partial charge in [-0.25, -0.2) is 0 Å². The average Bonchev–Trinajstić information content (AvgIpc) is 3.03. The summed E-state index contributed by atoms with van der Waals surface area (Å²) in [6, 6.07) is 9.36. The Labute approximate surface area is 183 Å². The minimum absolute atomic E-state index is 0.0439. The van der Waals surface area contributed by atoms with Crippen LogP contribution in [0.4, 0.5) is 0 Å². The van der Waals surface area contributed by atoms with Crippen LogP contribution in [0.5, 0.6) is 0 Å². The van der Waals surface area contributed by atoms with Crippen LogP contribution in [0, 0.1) is 6.92 Å². The zero-order chi connectivity index (χ0) is 21.6. The highest BCUT2D eigenvalue weighted by molar-refractivity contribution is 5.88. The Kier molecular flexibility index (Phi) is 6.99. The Bertz CT molecular complexity index is 884.